The van der Waals surface area contributed by atoms with E-state index in [9.17, 15) is 9.59 Å². The van der Waals surface area contributed by atoms with Gasteiger partial charge in [-0.25, -0.2) is 4.79 Å². The lowest BCUT2D eigenvalue weighted by Gasteiger charge is -2.32. The second-order valence-electron chi connectivity index (χ2n) is 4.35. The average Bonchev–Trinajstić information content (AvgIpc) is 2.84. The number of morpholine rings is 1. The van der Waals surface area contributed by atoms with Crippen molar-refractivity contribution < 1.29 is 19.4 Å². The first-order valence-electron chi connectivity index (χ1n) is 5.87. The van der Waals surface area contributed by atoms with Crippen molar-refractivity contribution >= 4 is 39.1 Å². The number of aliphatic carboxylic acids is 1. The summed E-state index contributed by atoms with van der Waals surface area (Å²) >= 11 is 4.89. The Balaban J connectivity index is 2.04. The van der Waals surface area contributed by atoms with E-state index in [2.05, 4.69) is 15.9 Å². The van der Waals surface area contributed by atoms with Gasteiger partial charge in [-0.2, -0.15) is 0 Å². The van der Waals surface area contributed by atoms with Gasteiger partial charge in [0.1, 0.15) is 0 Å². The number of carboxylic acid groups (broad SMARTS) is 1. The van der Waals surface area contributed by atoms with Gasteiger partial charge < -0.3 is 14.7 Å². The van der Waals surface area contributed by atoms with Crippen LogP contribution in [-0.4, -0.2) is 47.7 Å². The number of halogens is 1. The fourth-order valence-corrected chi connectivity index (χ4v) is 3.42. The number of ether oxygens (including phenoxy) is 1. The Morgan fingerprint density at radius 3 is 2.89 bits per heavy atom. The Labute approximate surface area is 123 Å². The summed E-state index contributed by atoms with van der Waals surface area (Å²) in [5.74, 6) is -1.34. The molecule has 1 aromatic heterocycles. The molecule has 0 aromatic carbocycles. The third-order valence-electron chi connectivity index (χ3n) is 3.04. The second-order valence-corrected chi connectivity index (χ2v) is 6.84. The minimum Gasteiger partial charge on any atom is -0.479 e. The van der Waals surface area contributed by atoms with Crippen LogP contribution in [0.15, 0.2) is 15.9 Å². The van der Waals surface area contributed by atoms with Crippen LogP contribution >= 0.6 is 27.3 Å². The number of hydrogen-bond acceptors (Lipinski definition) is 4. The zero-order chi connectivity index (χ0) is 14.0. The Kier molecular flexibility index (Phi) is 4.59. The normalized spacial score (nSPS) is 21.2. The molecule has 0 spiro atoms. The van der Waals surface area contributed by atoms with Gasteiger partial charge >= 0.3 is 5.97 Å². The summed E-state index contributed by atoms with van der Waals surface area (Å²) in [4.78, 5) is 25.8. The van der Waals surface area contributed by atoms with Gasteiger partial charge in [0.05, 0.1) is 22.9 Å². The standard InChI is InChI=1S/C12H14BrNO4S/c1-7(9-2-3-10(13)19-9)11(15)14-4-5-18-8(6-14)12(16)17/h2-3,7-8H,4-6H2,1H3,(H,16,17)/t7-,8-/m0/s1. The molecule has 5 nitrogen and oxygen atoms in total. The van der Waals surface area contributed by atoms with Gasteiger partial charge in [-0.15, -0.1) is 11.3 Å². The van der Waals surface area contributed by atoms with E-state index >= 15 is 0 Å². The third-order valence-corrected chi connectivity index (χ3v) is 4.85. The minimum absolute atomic E-state index is 0.0519. The maximum atomic E-state index is 12.3. The predicted molar refractivity (Wildman–Crippen MR) is 74.4 cm³/mol. The van der Waals surface area contributed by atoms with Crippen molar-refractivity contribution in [3.8, 4) is 0 Å². The molecule has 2 rings (SSSR count). The molecule has 1 aromatic rings. The summed E-state index contributed by atoms with van der Waals surface area (Å²) in [6.07, 6.45) is -0.917. The van der Waals surface area contributed by atoms with Crippen LogP contribution < -0.4 is 0 Å². The quantitative estimate of drug-likeness (QED) is 0.907. The zero-order valence-electron chi connectivity index (χ0n) is 10.3. The molecule has 0 radical (unpaired) electrons. The van der Waals surface area contributed by atoms with Crippen molar-refractivity contribution in [2.75, 3.05) is 19.7 Å². The summed E-state index contributed by atoms with van der Waals surface area (Å²) in [6.45, 7) is 2.67. The van der Waals surface area contributed by atoms with Gasteiger partial charge in [0.25, 0.3) is 0 Å². The highest BCUT2D eigenvalue weighted by Gasteiger charge is 2.31. The van der Waals surface area contributed by atoms with Gasteiger partial charge in [0.15, 0.2) is 6.10 Å². The third kappa shape index (κ3) is 3.34. The molecule has 2 atom stereocenters. The number of carboxylic acids is 1. The van der Waals surface area contributed by atoms with Gasteiger partial charge in [0.2, 0.25) is 5.91 Å². The lowest BCUT2D eigenvalue weighted by molar-refractivity contribution is -0.159. The molecule has 2 heterocycles. The number of rotatable bonds is 3. The lowest BCUT2D eigenvalue weighted by atomic mass is 10.1. The molecule has 1 aliphatic heterocycles. The highest BCUT2D eigenvalue weighted by atomic mass is 79.9. The highest BCUT2D eigenvalue weighted by molar-refractivity contribution is 9.11. The molecule has 0 saturated carbocycles. The van der Waals surface area contributed by atoms with Crippen LogP contribution in [-0.2, 0) is 14.3 Å². The molecule has 1 aliphatic rings. The van der Waals surface area contributed by atoms with E-state index in [1.165, 1.54) is 11.3 Å². The molecule has 1 saturated heterocycles. The molecule has 0 unspecified atom stereocenters. The van der Waals surface area contributed by atoms with Crippen molar-refractivity contribution in [1.29, 1.82) is 0 Å². The summed E-state index contributed by atoms with van der Waals surface area (Å²) in [7, 11) is 0. The maximum absolute atomic E-state index is 12.3. The van der Waals surface area contributed by atoms with E-state index in [1.807, 2.05) is 19.1 Å². The molecule has 1 fully saturated rings. The van der Waals surface area contributed by atoms with Crippen LogP contribution in [0, 0.1) is 0 Å². The SMILES string of the molecule is C[C@H](C(=O)N1CCO[C@H](C(=O)O)C1)c1ccc(Br)s1. The zero-order valence-corrected chi connectivity index (χ0v) is 12.7. The van der Waals surface area contributed by atoms with Gasteiger partial charge in [0, 0.05) is 11.4 Å². The van der Waals surface area contributed by atoms with Crippen molar-refractivity contribution in [3.63, 3.8) is 0 Å². The lowest BCUT2D eigenvalue weighted by Crippen LogP contribution is -2.49. The molecule has 1 N–H and O–H groups in total. The van der Waals surface area contributed by atoms with Gasteiger partial charge in [-0.1, -0.05) is 0 Å². The Morgan fingerprint density at radius 1 is 1.58 bits per heavy atom. The number of carbonyl (C=O) groups excluding carboxylic acids is 1. The largest absolute Gasteiger partial charge is 0.479 e. The van der Waals surface area contributed by atoms with Crippen molar-refractivity contribution in [2.45, 2.75) is 18.9 Å². The van der Waals surface area contributed by atoms with E-state index in [0.29, 0.717) is 6.54 Å². The Bertz CT molecular complexity index is 490. The van der Waals surface area contributed by atoms with Crippen molar-refractivity contribution in [3.05, 3.63) is 20.8 Å². The van der Waals surface area contributed by atoms with Crippen LogP contribution in [0.25, 0.3) is 0 Å². The molecule has 0 aliphatic carbocycles. The number of thiophene rings is 1. The molecule has 104 valence electrons. The first kappa shape index (κ1) is 14.5. The van der Waals surface area contributed by atoms with Gasteiger partial charge in [-0.3, -0.25) is 4.79 Å². The molecule has 0 bridgehead atoms. The second kappa shape index (κ2) is 6.02. The fraction of sp³-hybridized carbons (Fsp3) is 0.500. The summed E-state index contributed by atoms with van der Waals surface area (Å²) < 4.78 is 6.09. The highest BCUT2D eigenvalue weighted by Crippen LogP contribution is 2.29. The number of nitrogens with zero attached hydrogens (tertiary/aromatic N) is 1. The topological polar surface area (TPSA) is 66.8 Å². The van der Waals surface area contributed by atoms with E-state index in [0.717, 1.165) is 8.66 Å². The summed E-state index contributed by atoms with van der Waals surface area (Å²) in [5.41, 5.74) is 0. The molecule has 19 heavy (non-hydrogen) atoms. The summed E-state index contributed by atoms with van der Waals surface area (Å²) in [5, 5.41) is 8.93. The Morgan fingerprint density at radius 2 is 2.32 bits per heavy atom. The van der Waals surface area contributed by atoms with E-state index in [-0.39, 0.29) is 25.0 Å². The van der Waals surface area contributed by atoms with Crippen LogP contribution in [0.1, 0.15) is 17.7 Å². The fourth-order valence-electron chi connectivity index (χ4n) is 1.96. The predicted octanol–water partition coefficient (Wildman–Crippen LogP) is 1.93. The number of amides is 1. The van der Waals surface area contributed by atoms with Crippen LogP contribution in [0.3, 0.4) is 0 Å². The molecule has 7 heteroatoms. The summed E-state index contributed by atoms with van der Waals surface area (Å²) in [6, 6.07) is 3.82. The van der Waals surface area contributed by atoms with Crippen LogP contribution in [0.2, 0.25) is 0 Å². The van der Waals surface area contributed by atoms with E-state index in [1.54, 1.807) is 4.90 Å². The average molecular weight is 348 g/mol. The molecular weight excluding hydrogens is 334 g/mol. The first-order chi connectivity index (χ1) is 8.99. The smallest absolute Gasteiger partial charge is 0.334 e. The van der Waals surface area contributed by atoms with Crippen LogP contribution in [0.5, 0.6) is 0 Å². The molecule has 1 amide bonds. The van der Waals surface area contributed by atoms with E-state index in [4.69, 9.17) is 9.84 Å². The number of carbonyl (C=O) groups is 2. The van der Waals surface area contributed by atoms with E-state index < -0.39 is 12.1 Å². The number of hydrogen-bond donors (Lipinski definition) is 1. The first-order valence-corrected chi connectivity index (χ1v) is 7.48. The monoisotopic (exact) mass is 347 g/mol. The van der Waals surface area contributed by atoms with Crippen LogP contribution in [0.4, 0.5) is 0 Å². The van der Waals surface area contributed by atoms with Gasteiger partial charge in [-0.05, 0) is 35.0 Å². The maximum Gasteiger partial charge on any atom is 0.334 e. The minimum atomic E-state index is -1.02. The molecular formula is C12H14BrNO4S. The Hall–Kier alpha value is -0.920. The van der Waals surface area contributed by atoms with Crippen molar-refractivity contribution in [2.24, 2.45) is 0 Å². The van der Waals surface area contributed by atoms with Crippen molar-refractivity contribution in [1.82, 2.24) is 4.90 Å².